The zero-order chi connectivity index (χ0) is 22.1. The molecule has 4 heteroatoms. The van der Waals surface area contributed by atoms with E-state index in [2.05, 4.69) is 45.9 Å². The fourth-order valence-electron chi connectivity index (χ4n) is 2.00. The summed E-state index contributed by atoms with van der Waals surface area (Å²) in [4.78, 5) is 0. The van der Waals surface area contributed by atoms with Crippen LogP contribution in [0.2, 0.25) is 0 Å². The van der Waals surface area contributed by atoms with Crippen molar-refractivity contribution in [3.8, 4) is 0 Å². The van der Waals surface area contributed by atoms with Crippen LogP contribution in [0.1, 0.15) is 49.9 Å². The number of aryl methyl sites for hydroxylation is 3. The zero-order valence-corrected chi connectivity index (χ0v) is 23.7. The summed E-state index contributed by atoms with van der Waals surface area (Å²) in [5, 5.41) is 16.9. The van der Waals surface area contributed by atoms with Gasteiger partial charge in [0.05, 0.1) is 11.9 Å². The third-order valence-electron chi connectivity index (χ3n) is 3.38. The second-order valence-corrected chi connectivity index (χ2v) is 6.13. The molecule has 0 aliphatic carbocycles. The fraction of sp³-hybridized carbons (Fsp3) is 0.308. The molecular weight excluding hydrogens is 499 g/mol. The first-order chi connectivity index (χ1) is 13.2. The van der Waals surface area contributed by atoms with Crippen LogP contribution in [-0.4, -0.2) is 16.3 Å². The van der Waals surface area contributed by atoms with Crippen molar-refractivity contribution < 1.29 is 51.5 Å². The molecule has 30 heavy (non-hydrogen) atoms. The van der Waals surface area contributed by atoms with Crippen LogP contribution in [0.4, 0.5) is 5.69 Å². The average molecular weight is 540 g/mol. The molecule has 0 aliphatic rings. The first kappa shape index (κ1) is 36.2. The minimum atomic E-state index is -0.537. The molecule has 0 spiro atoms. The van der Waals surface area contributed by atoms with E-state index in [0.717, 1.165) is 11.3 Å². The maximum absolute atomic E-state index is 8.49. The van der Waals surface area contributed by atoms with Crippen LogP contribution in [0.25, 0.3) is 6.08 Å². The van der Waals surface area contributed by atoms with Gasteiger partial charge < -0.3 is 30.3 Å². The van der Waals surface area contributed by atoms with Gasteiger partial charge in [0.2, 0.25) is 0 Å². The molecule has 0 saturated heterocycles. The monoisotopic (exact) mass is 539 g/mol. The Hall–Kier alpha value is -1.16. The summed E-state index contributed by atoms with van der Waals surface area (Å²) < 4.78 is 0. The molecule has 0 saturated carbocycles. The number of aliphatic hydroxyl groups excluding tert-OH is 2. The molecule has 4 N–H and O–H groups in total. The molecule has 2 aromatic rings. The normalized spacial score (nSPS) is 10.5. The van der Waals surface area contributed by atoms with Gasteiger partial charge in [0.15, 0.2) is 0 Å². The summed E-state index contributed by atoms with van der Waals surface area (Å²) in [6.45, 7) is 16.3. The molecule has 1 atom stereocenters. The third-order valence-corrected chi connectivity index (χ3v) is 3.38. The van der Waals surface area contributed by atoms with Crippen LogP contribution in [-0.2, 0) is 0 Å². The number of aliphatic hydroxyl groups is 2. The first-order valence-corrected chi connectivity index (χ1v) is 9.36. The quantitative estimate of drug-likeness (QED) is 0.223. The SMILES string of the molecule is C/C(O)=C/C(C)O.C/C=C\c1ccccc1N.Cc1[c-]c(C)c(C)cc1.[CH2-]C.[CH3-].[Pr+3]. The molecule has 2 aromatic carbocycles. The Kier molecular flexibility index (Phi) is 27.2. The fourth-order valence-corrected chi connectivity index (χ4v) is 2.00. The molecule has 0 aliphatic heterocycles. The molecule has 2 rings (SSSR count). The van der Waals surface area contributed by atoms with Crippen LogP contribution >= 0.6 is 0 Å². The maximum Gasteiger partial charge on any atom is 3.00 e. The number of para-hydroxylation sites is 1. The van der Waals surface area contributed by atoms with Gasteiger partial charge in [0.1, 0.15) is 0 Å². The van der Waals surface area contributed by atoms with Crippen molar-refractivity contribution in [3.63, 3.8) is 0 Å². The minimum Gasteiger partial charge on any atom is -0.513 e. The summed E-state index contributed by atoms with van der Waals surface area (Å²) in [5.74, 6) is 0.162. The van der Waals surface area contributed by atoms with Crippen LogP contribution in [0, 0.1) is 82.5 Å². The predicted octanol–water partition coefficient (Wildman–Crippen LogP) is 6.83. The number of nitrogen functional groups attached to an aromatic ring is 1. The Morgan fingerprint density at radius 2 is 1.63 bits per heavy atom. The van der Waals surface area contributed by atoms with E-state index in [1.807, 2.05) is 43.3 Å². The first-order valence-electron chi connectivity index (χ1n) is 9.36. The Morgan fingerprint density at radius 1 is 1.10 bits per heavy atom. The van der Waals surface area contributed by atoms with Gasteiger partial charge in [-0.05, 0) is 38.5 Å². The van der Waals surface area contributed by atoms with Gasteiger partial charge in [-0.1, -0.05) is 51.1 Å². The second-order valence-electron chi connectivity index (χ2n) is 6.13. The minimum absolute atomic E-state index is 0. The van der Waals surface area contributed by atoms with Crippen LogP contribution in [0.15, 0.2) is 54.3 Å². The van der Waals surface area contributed by atoms with Gasteiger partial charge in [-0.2, -0.15) is 41.8 Å². The summed E-state index contributed by atoms with van der Waals surface area (Å²) in [6.07, 6.45) is 4.80. The Labute approximate surface area is 219 Å². The van der Waals surface area contributed by atoms with E-state index >= 15 is 0 Å². The Balaban J connectivity index is -0.000000159. The van der Waals surface area contributed by atoms with Crippen molar-refractivity contribution in [1.29, 1.82) is 0 Å². The van der Waals surface area contributed by atoms with Gasteiger partial charge >= 0.3 is 41.3 Å². The number of benzene rings is 2. The summed E-state index contributed by atoms with van der Waals surface area (Å²) in [5.41, 5.74) is 11.4. The molecule has 1 unspecified atom stereocenters. The molecule has 0 fully saturated rings. The van der Waals surface area contributed by atoms with Crippen LogP contribution in [0.5, 0.6) is 0 Å². The third kappa shape index (κ3) is 20.1. The zero-order valence-electron chi connectivity index (χ0n) is 20.0. The second kappa shape index (κ2) is 22.5. The molecule has 0 amide bonds. The number of rotatable bonds is 2. The maximum atomic E-state index is 8.49. The molecular formula is C26H40NO2Pr. The van der Waals surface area contributed by atoms with E-state index in [1.165, 1.54) is 29.7 Å². The summed E-state index contributed by atoms with van der Waals surface area (Å²) >= 11 is 0. The average Bonchev–Trinajstić information content (AvgIpc) is 2.62. The smallest absolute Gasteiger partial charge is 0.513 e. The van der Waals surface area contributed by atoms with Gasteiger partial charge in [0, 0.05) is 5.69 Å². The predicted molar refractivity (Wildman–Crippen MR) is 131 cm³/mol. The van der Waals surface area contributed by atoms with Crippen molar-refractivity contribution in [2.45, 2.75) is 54.6 Å². The van der Waals surface area contributed by atoms with E-state index in [9.17, 15) is 0 Å². The molecule has 3 nitrogen and oxygen atoms in total. The van der Waals surface area contributed by atoms with E-state index in [4.69, 9.17) is 15.9 Å². The van der Waals surface area contributed by atoms with Crippen molar-refractivity contribution in [1.82, 2.24) is 0 Å². The Bertz CT molecular complexity index is 719. The van der Waals surface area contributed by atoms with Crippen molar-refractivity contribution >= 4 is 11.8 Å². The van der Waals surface area contributed by atoms with Gasteiger partial charge in [-0.25, -0.2) is 0 Å². The molecule has 164 valence electrons. The number of allylic oxidation sites excluding steroid dienone is 2. The van der Waals surface area contributed by atoms with E-state index in [-0.39, 0.29) is 54.5 Å². The number of hydrogen-bond acceptors (Lipinski definition) is 3. The van der Waals surface area contributed by atoms with Crippen LogP contribution < -0.4 is 5.73 Å². The van der Waals surface area contributed by atoms with Crippen molar-refractivity contribution in [2.24, 2.45) is 0 Å². The molecule has 0 aromatic heterocycles. The van der Waals surface area contributed by atoms with Crippen molar-refractivity contribution in [2.75, 3.05) is 5.73 Å². The number of anilines is 1. The van der Waals surface area contributed by atoms with E-state index in [1.54, 1.807) is 13.8 Å². The van der Waals surface area contributed by atoms with Crippen molar-refractivity contribution in [3.05, 3.63) is 97.0 Å². The van der Waals surface area contributed by atoms with Gasteiger partial charge in [-0.15, -0.1) is 0 Å². The standard InChI is InChI=1S/C9H11N.C9H11.C5H10O2.C2H5.CH3.Pr/c1-2-5-8-6-3-4-7-9(8)10;1-7-4-5-8(2)9(3)6-7;1-4(6)3-5(2)7;1-2;;/h2-7H,10H2,1H3;4-5H,1-3H3;3-4,6-7H,1-2H3;1H2,2H3;1H3;/q;-1;;2*-1;+3/b5-2-;;5-3-;;;. The Morgan fingerprint density at radius 3 is 1.97 bits per heavy atom. The van der Waals surface area contributed by atoms with Gasteiger partial charge in [0.25, 0.3) is 0 Å². The largest absolute Gasteiger partial charge is 3.00 e. The van der Waals surface area contributed by atoms with E-state index < -0.39 is 6.10 Å². The number of hydrogen-bond donors (Lipinski definition) is 3. The summed E-state index contributed by atoms with van der Waals surface area (Å²) in [7, 11) is 0. The number of nitrogens with two attached hydrogens (primary N) is 1. The molecule has 0 radical (unpaired) electrons. The van der Waals surface area contributed by atoms with Crippen LogP contribution in [0.3, 0.4) is 0 Å². The van der Waals surface area contributed by atoms with Gasteiger partial charge in [-0.3, -0.25) is 0 Å². The van der Waals surface area contributed by atoms with E-state index in [0.29, 0.717) is 0 Å². The molecule has 0 heterocycles. The topological polar surface area (TPSA) is 66.5 Å². The molecule has 0 bridgehead atoms. The summed E-state index contributed by atoms with van der Waals surface area (Å²) in [6, 6.07) is 15.3.